The molecule has 0 saturated carbocycles. The SMILES string of the molecule is COc1cccc(COCC(O)CN2CCN(c3ncccc3C#N)CC2)c1. The normalized spacial score (nSPS) is 15.8. The molecular weight excluding hydrogens is 356 g/mol. The van der Waals surface area contributed by atoms with E-state index in [-0.39, 0.29) is 6.61 Å². The molecule has 2 aromatic rings. The lowest BCUT2D eigenvalue weighted by Crippen LogP contribution is -2.49. The van der Waals surface area contributed by atoms with Crippen LogP contribution in [0.1, 0.15) is 11.1 Å². The van der Waals surface area contributed by atoms with Gasteiger partial charge in [-0.15, -0.1) is 0 Å². The lowest BCUT2D eigenvalue weighted by atomic mass is 10.2. The molecule has 0 bridgehead atoms. The van der Waals surface area contributed by atoms with Crippen molar-refractivity contribution in [1.82, 2.24) is 9.88 Å². The molecule has 2 heterocycles. The molecule has 0 amide bonds. The van der Waals surface area contributed by atoms with Crippen LogP contribution in [0.25, 0.3) is 0 Å². The van der Waals surface area contributed by atoms with Crippen molar-refractivity contribution in [3.8, 4) is 11.8 Å². The molecule has 7 nitrogen and oxygen atoms in total. The van der Waals surface area contributed by atoms with Crippen LogP contribution in [0, 0.1) is 11.3 Å². The summed E-state index contributed by atoms with van der Waals surface area (Å²) in [6.45, 7) is 4.49. The van der Waals surface area contributed by atoms with Gasteiger partial charge in [0, 0.05) is 38.9 Å². The lowest BCUT2D eigenvalue weighted by Gasteiger charge is -2.36. The molecule has 1 saturated heterocycles. The zero-order valence-corrected chi connectivity index (χ0v) is 16.1. The molecule has 1 atom stereocenters. The first kappa shape index (κ1) is 20.1. The van der Waals surface area contributed by atoms with Gasteiger partial charge in [0.15, 0.2) is 0 Å². The van der Waals surface area contributed by atoms with Crippen molar-refractivity contribution < 1.29 is 14.6 Å². The minimum absolute atomic E-state index is 0.288. The summed E-state index contributed by atoms with van der Waals surface area (Å²) in [7, 11) is 1.64. The molecule has 1 aromatic heterocycles. The highest BCUT2D eigenvalue weighted by atomic mass is 16.5. The molecule has 1 aromatic carbocycles. The quantitative estimate of drug-likeness (QED) is 0.743. The van der Waals surface area contributed by atoms with Crippen molar-refractivity contribution in [3.05, 3.63) is 53.7 Å². The summed E-state index contributed by atoms with van der Waals surface area (Å²) in [6.07, 6.45) is 1.17. The minimum atomic E-state index is -0.540. The first-order valence-corrected chi connectivity index (χ1v) is 9.40. The standard InChI is InChI=1S/C21H26N4O3/c1-27-20-6-2-4-17(12-20)15-28-16-19(26)14-24-8-10-25(11-9-24)21-18(13-22)5-3-7-23-21/h2-7,12,19,26H,8-11,14-16H2,1H3. The number of nitrogens with zero attached hydrogens (tertiary/aromatic N) is 4. The Labute approximate surface area is 165 Å². The van der Waals surface area contributed by atoms with E-state index in [1.807, 2.05) is 24.3 Å². The summed E-state index contributed by atoms with van der Waals surface area (Å²) < 4.78 is 10.9. The molecule has 1 N–H and O–H groups in total. The number of methoxy groups -OCH3 is 1. The number of aliphatic hydroxyl groups is 1. The fraction of sp³-hybridized carbons (Fsp3) is 0.429. The van der Waals surface area contributed by atoms with Crippen LogP contribution in [0.5, 0.6) is 5.75 Å². The van der Waals surface area contributed by atoms with E-state index in [2.05, 4.69) is 20.9 Å². The van der Waals surface area contributed by atoms with Gasteiger partial charge >= 0.3 is 0 Å². The van der Waals surface area contributed by atoms with Gasteiger partial charge in [0.1, 0.15) is 17.6 Å². The maximum Gasteiger partial charge on any atom is 0.146 e. The van der Waals surface area contributed by atoms with E-state index in [1.165, 1.54) is 0 Å². The number of hydrogen-bond acceptors (Lipinski definition) is 7. The van der Waals surface area contributed by atoms with Gasteiger partial charge in [-0.25, -0.2) is 4.98 Å². The predicted molar refractivity (Wildman–Crippen MR) is 106 cm³/mol. The van der Waals surface area contributed by atoms with Gasteiger partial charge < -0.3 is 19.5 Å². The number of anilines is 1. The van der Waals surface area contributed by atoms with E-state index in [0.29, 0.717) is 18.7 Å². The van der Waals surface area contributed by atoms with Crippen LogP contribution < -0.4 is 9.64 Å². The summed E-state index contributed by atoms with van der Waals surface area (Å²) in [5, 5.41) is 19.5. The Morgan fingerprint density at radius 1 is 1.21 bits per heavy atom. The Balaban J connectivity index is 1.40. The highest BCUT2D eigenvalue weighted by molar-refractivity contribution is 5.53. The minimum Gasteiger partial charge on any atom is -0.497 e. The second kappa shape index (κ2) is 10.0. The second-order valence-electron chi connectivity index (χ2n) is 6.79. The molecule has 1 fully saturated rings. The summed E-state index contributed by atoms with van der Waals surface area (Å²) in [5.41, 5.74) is 1.62. The van der Waals surface area contributed by atoms with Crippen LogP contribution in [-0.2, 0) is 11.3 Å². The van der Waals surface area contributed by atoms with Crippen LogP contribution in [0.3, 0.4) is 0 Å². The molecule has 0 spiro atoms. The molecule has 28 heavy (non-hydrogen) atoms. The molecule has 0 radical (unpaired) electrons. The third-order valence-corrected chi connectivity index (χ3v) is 4.76. The molecule has 1 aliphatic rings. The van der Waals surface area contributed by atoms with Gasteiger partial charge in [0.2, 0.25) is 0 Å². The number of piperazine rings is 1. The van der Waals surface area contributed by atoms with Gasteiger partial charge in [0.25, 0.3) is 0 Å². The van der Waals surface area contributed by atoms with Crippen LogP contribution in [0.4, 0.5) is 5.82 Å². The summed E-state index contributed by atoms with van der Waals surface area (Å²) >= 11 is 0. The van der Waals surface area contributed by atoms with Crippen LogP contribution in [-0.4, -0.2) is 67.5 Å². The highest BCUT2D eigenvalue weighted by Gasteiger charge is 2.21. The van der Waals surface area contributed by atoms with E-state index in [1.54, 1.807) is 25.4 Å². The number of hydrogen-bond donors (Lipinski definition) is 1. The largest absolute Gasteiger partial charge is 0.497 e. The first-order valence-electron chi connectivity index (χ1n) is 9.40. The molecule has 1 aliphatic heterocycles. The number of rotatable bonds is 8. The van der Waals surface area contributed by atoms with Crippen molar-refractivity contribution in [2.45, 2.75) is 12.7 Å². The van der Waals surface area contributed by atoms with Crippen molar-refractivity contribution in [2.75, 3.05) is 51.3 Å². The van der Waals surface area contributed by atoms with Gasteiger partial charge in [0.05, 0.1) is 32.0 Å². The van der Waals surface area contributed by atoms with Crippen LogP contribution in [0.15, 0.2) is 42.6 Å². The van der Waals surface area contributed by atoms with Crippen molar-refractivity contribution in [3.63, 3.8) is 0 Å². The van der Waals surface area contributed by atoms with Gasteiger partial charge in [-0.05, 0) is 29.8 Å². The Bertz CT molecular complexity index is 800. The number of benzene rings is 1. The lowest BCUT2D eigenvalue weighted by molar-refractivity contribution is 0.00909. The molecular formula is C21H26N4O3. The number of ether oxygens (including phenoxy) is 2. The maximum absolute atomic E-state index is 10.3. The molecule has 3 rings (SSSR count). The molecule has 1 unspecified atom stereocenters. The van der Waals surface area contributed by atoms with Crippen LogP contribution >= 0.6 is 0 Å². The zero-order valence-electron chi connectivity index (χ0n) is 16.1. The number of aliphatic hydroxyl groups excluding tert-OH is 1. The number of pyridine rings is 1. The first-order chi connectivity index (χ1) is 13.7. The summed E-state index contributed by atoms with van der Waals surface area (Å²) in [6, 6.07) is 13.5. The van der Waals surface area contributed by atoms with Crippen molar-refractivity contribution >= 4 is 5.82 Å². The Morgan fingerprint density at radius 3 is 2.79 bits per heavy atom. The Hall–Kier alpha value is -2.66. The second-order valence-corrected chi connectivity index (χ2v) is 6.79. The van der Waals surface area contributed by atoms with Crippen LogP contribution in [0.2, 0.25) is 0 Å². The fourth-order valence-electron chi connectivity index (χ4n) is 3.30. The van der Waals surface area contributed by atoms with Gasteiger partial charge in [-0.2, -0.15) is 5.26 Å². The third kappa shape index (κ3) is 5.42. The topological polar surface area (TPSA) is 81.8 Å². The van der Waals surface area contributed by atoms with E-state index in [0.717, 1.165) is 43.3 Å². The average Bonchev–Trinajstić information content (AvgIpc) is 2.74. The Morgan fingerprint density at radius 2 is 2.04 bits per heavy atom. The number of β-amino-alcohol motifs (C(OH)–C–C–N with tert-alkyl or cyclic N) is 1. The Kier molecular flexibility index (Phi) is 7.20. The van der Waals surface area contributed by atoms with E-state index in [4.69, 9.17) is 9.47 Å². The van der Waals surface area contributed by atoms with Crippen molar-refractivity contribution in [2.24, 2.45) is 0 Å². The smallest absolute Gasteiger partial charge is 0.146 e. The highest BCUT2D eigenvalue weighted by Crippen LogP contribution is 2.18. The predicted octanol–water partition coefficient (Wildman–Crippen LogP) is 1.66. The van der Waals surface area contributed by atoms with E-state index >= 15 is 0 Å². The zero-order chi connectivity index (χ0) is 19.8. The third-order valence-electron chi connectivity index (χ3n) is 4.76. The van der Waals surface area contributed by atoms with E-state index < -0.39 is 6.10 Å². The van der Waals surface area contributed by atoms with Crippen molar-refractivity contribution in [1.29, 1.82) is 5.26 Å². The summed E-state index contributed by atoms with van der Waals surface area (Å²) in [4.78, 5) is 8.69. The number of aromatic nitrogens is 1. The monoisotopic (exact) mass is 382 g/mol. The maximum atomic E-state index is 10.3. The fourth-order valence-corrected chi connectivity index (χ4v) is 3.30. The van der Waals surface area contributed by atoms with E-state index in [9.17, 15) is 10.4 Å². The van der Waals surface area contributed by atoms with Gasteiger partial charge in [-0.1, -0.05) is 12.1 Å². The molecule has 0 aliphatic carbocycles. The summed E-state index contributed by atoms with van der Waals surface area (Å²) in [5.74, 6) is 1.54. The number of nitriles is 1. The van der Waals surface area contributed by atoms with Gasteiger partial charge in [-0.3, -0.25) is 4.90 Å². The average molecular weight is 382 g/mol. The molecule has 148 valence electrons. The molecule has 7 heteroatoms.